The molecule has 0 saturated carbocycles. The molecule has 3 unspecified atom stereocenters. The van der Waals surface area contributed by atoms with Crippen LogP contribution in [0.2, 0.25) is 0 Å². The van der Waals surface area contributed by atoms with Crippen molar-refractivity contribution in [3.63, 3.8) is 0 Å². The Morgan fingerprint density at radius 1 is 1.53 bits per heavy atom. The number of nitrogens with zero attached hydrogens (tertiary/aromatic N) is 1. The van der Waals surface area contributed by atoms with Gasteiger partial charge in [0.1, 0.15) is 0 Å². The van der Waals surface area contributed by atoms with Crippen LogP contribution < -0.4 is 5.32 Å². The molecule has 2 aliphatic rings. The highest BCUT2D eigenvalue weighted by Crippen LogP contribution is 2.34. The monoisotopic (exact) mass is 212 g/mol. The van der Waals surface area contributed by atoms with Crippen molar-refractivity contribution in [1.29, 1.82) is 0 Å². The summed E-state index contributed by atoms with van der Waals surface area (Å²) in [5.74, 6) is 1.10. The van der Waals surface area contributed by atoms with Crippen molar-refractivity contribution in [3.05, 3.63) is 0 Å². The van der Waals surface area contributed by atoms with E-state index in [1.807, 2.05) is 4.90 Å². The summed E-state index contributed by atoms with van der Waals surface area (Å²) < 4.78 is 4.84. The van der Waals surface area contributed by atoms with E-state index in [9.17, 15) is 4.79 Å². The van der Waals surface area contributed by atoms with E-state index in [0.717, 1.165) is 13.1 Å². The van der Waals surface area contributed by atoms with E-state index in [4.69, 9.17) is 4.74 Å². The van der Waals surface area contributed by atoms with Crippen molar-refractivity contribution in [3.8, 4) is 0 Å². The van der Waals surface area contributed by atoms with E-state index in [0.29, 0.717) is 23.9 Å². The predicted octanol–water partition coefficient (Wildman–Crippen LogP) is 1.07. The number of carbonyl (C=O) groups is 1. The van der Waals surface area contributed by atoms with Crippen molar-refractivity contribution in [1.82, 2.24) is 10.2 Å². The molecule has 1 amide bonds. The van der Waals surface area contributed by atoms with Crippen molar-refractivity contribution in [2.75, 3.05) is 20.2 Å². The lowest BCUT2D eigenvalue weighted by Crippen LogP contribution is -2.47. The fraction of sp³-hybridized carbons (Fsp3) is 0.909. The SMILES string of the molecule is COC(=O)N1CC2CCNC2C1C(C)C. The summed E-state index contributed by atoms with van der Waals surface area (Å²) in [4.78, 5) is 13.5. The highest BCUT2D eigenvalue weighted by atomic mass is 16.5. The Morgan fingerprint density at radius 2 is 2.27 bits per heavy atom. The number of ether oxygens (including phenoxy) is 1. The zero-order valence-corrected chi connectivity index (χ0v) is 9.69. The van der Waals surface area contributed by atoms with Crippen molar-refractivity contribution < 1.29 is 9.53 Å². The predicted molar refractivity (Wildman–Crippen MR) is 57.6 cm³/mol. The van der Waals surface area contributed by atoms with Crippen molar-refractivity contribution >= 4 is 6.09 Å². The number of hydrogen-bond acceptors (Lipinski definition) is 3. The molecule has 15 heavy (non-hydrogen) atoms. The van der Waals surface area contributed by atoms with Gasteiger partial charge in [-0.2, -0.15) is 0 Å². The second-order valence-electron chi connectivity index (χ2n) is 4.89. The molecule has 3 atom stereocenters. The van der Waals surface area contributed by atoms with Crippen LogP contribution in [0.25, 0.3) is 0 Å². The van der Waals surface area contributed by atoms with Crippen LogP contribution in [0.5, 0.6) is 0 Å². The highest BCUT2D eigenvalue weighted by molar-refractivity contribution is 5.68. The molecule has 0 radical (unpaired) electrons. The topological polar surface area (TPSA) is 41.6 Å². The summed E-state index contributed by atoms with van der Waals surface area (Å²) in [7, 11) is 1.46. The van der Waals surface area contributed by atoms with Crippen molar-refractivity contribution in [2.45, 2.75) is 32.4 Å². The van der Waals surface area contributed by atoms with Crippen molar-refractivity contribution in [2.24, 2.45) is 11.8 Å². The molecule has 2 rings (SSSR count). The second kappa shape index (κ2) is 4.00. The lowest BCUT2D eigenvalue weighted by Gasteiger charge is -2.30. The molecule has 4 nitrogen and oxygen atoms in total. The first-order valence-electron chi connectivity index (χ1n) is 5.73. The number of carbonyl (C=O) groups excluding carboxylic acids is 1. The maximum atomic E-state index is 11.6. The molecule has 0 aromatic heterocycles. The van der Waals surface area contributed by atoms with Gasteiger partial charge in [0.05, 0.1) is 13.2 Å². The Bertz CT molecular complexity index is 255. The summed E-state index contributed by atoms with van der Waals surface area (Å²) in [5.41, 5.74) is 0. The van der Waals surface area contributed by atoms with Crippen LogP contribution in [0, 0.1) is 11.8 Å². The molecule has 2 aliphatic heterocycles. The Labute approximate surface area is 91.0 Å². The fourth-order valence-electron chi connectivity index (χ4n) is 3.04. The number of hydrogen-bond donors (Lipinski definition) is 1. The van der Waals surface area contributed by atoms with Gasteiger partial charge >= 0.3 is 6.09 Å². The van der Waals surface area contributed by atoms with E-state index in [1.165, 1.54) is 13.5 Å². The zero-order valence-electron chi connectivity index (χ0n) is 9.69. The number of likely N-dealkylation sites (tertiary alicyclic amines) is 1. The highest BCUT2D eigenvalue weighted by Gasteiger charge is 2.47. The largest absolute Gasteiger partial charge is 0.453 e. The molecule has 2 saturated heterocycles. The maximum absolute atomic E-state index is 11.6. The summed E-state index contributed by atoms with van der Waals surface area (Å²) in [5, 5.41) is 3.51. The molecule has 2 fully saturated rings. The minimum absolute atomic E-state index is 0.176. The average Bonchev–Trinajstić information content (AvgIpc) is 2.73. The van der Waals surface area contributed by atoms with Crippen LogP contribution in [0.1, 0.15) is 20.3 Å². The van der Waals surface area contributed by atoms with Crippen LogP contribution >= 0.6 is 0 Å². The minimum atomic E-state index is -0.176. The molecule has 2 heterocycles. The smallest absolute Gasteiger partial charge is 0.409 e. The third-order valence-corrected chi connectivity index (χ3v) is 3.65. The lowest BCUT2D eigenvalue weighted by atomic mass is 9.93. The molecule has 0 bridgehead atoms. The minimum Gasteiger partial charge on any atom is -0.453 e. The molecular weight excluding hydrogens is 192 g/mol. The van der Waals surface area contributed by atoms with Gasteiger partial charge in [0, 0.05) is 12.6 Å². The maximum Gasteiger partial charge on any atom is 0.409 e. The summed E-state index contributed by atoms with van der Waals surface area (Å²) in [6, 6.07) is 0.772. The number of amides is 1. The molecule has 0 aromatic carbocycles. The van der Waals surface area contributed by atoms with Crippen LogP contribution in [0.15, 0.2) is 0 Å². The van der Waals surface area contributed by atoms with Crippen LogP contribution in [0.4, 0.5) is 4.79 Å². The van der Waals surface area contributed by atoms with Gasteiger partial charge < -0.3 is 15.0 Å². The van der Waals surface area contributed by atoms with E-state index in [2.05, 4.69) is 19.2 Å². The molecule has 86 valence electrons. The van der Waals surface area contributed by atoms with Gasteiger partial charge in [0.2, 0.25) is 0 Å². The first kappa shape index (κ1) is 10.7. The number of methoxy groups -OCH3 is 1. The zero-order chi connectivity index (χ0) is 11.0. The molecule has 0 aromatic rings. The van der Waals surface area contributed by atoms with Gasteiger partial charge in [-0.15, -0.1) is 0 Å². The summed E-state index contributed by atoms with van der Waals surface area (Å²) in [6.45, 7) is 6.28. The Morgan fingerprint density at radius 3 is 2.87 bits per heavy atom. The van der Waals surface area contributed by atoms with Gasteiger partial charge in [-0.3, -0.25) is 0 Å². The van der Waals surface area contributed by atoms with Gasteiger partial charge in [0.25, 0.3) is 0 Å². The third kappa shape index (κ3) is 1.71. The summed E-state index contributed by atoms with van der Waals surface area (Å²) >= 11 is 0. The second-order valence-corrected chi connectivity index (χ2v) is 4.89. The molecule has 1 N–H and O–H groups in total. The van der Waals surface area contributed by atoms with Gasteiger partial charge in [-0.25, -0.2) is 4.79 Å². The standard InChI is InChI=1S/C11H20N2O2/c1-7(2)10-9-8(4-5-12-9)6-13(10)11(14)15-3/h7-10,12H,4-6H2,1-3H3. The molecule has 0 aliphatic carbocycles. The molecule has 0 spiro atoms. The molecule has 4 heteroatoms. The lowest BCUT2D eigenvalue weighted by molar-refractivity contribution is 0.104. The normalized spacial score (nSPS) is 34.7. The average molecular weight is 212 g/mol. The number of rotatable bonds is 1. The van der Waals surface area contributed by atoms with E-state index >= 15 is 0 Å². The van der Waals surface area contributed by atoms with Crippen LogP contribution in [0.3, 0.4) is 0 Å². The summed E-state index contributed by atoms with van der Waals surface area (Å²) in [6.07, 6.45) is 1.01. The quantitative estimate of drug-likeness (QED) is 0.707. The van der Waals surface area contributed by atoms with Gasteiger partial charge in [0.15, 0.2) is 0 Å². The van der Waals surface area contributed by atoms with Gasteiger partial charge in [-0.05, 0) is 24.8 Å². The third-order valence-electron chi connectivity index (χ3n) is 3.65. The van der Waals surface area contributed by atoms with E-state index in [-0.39, 0.29) is 6.09 Å². The molecular formula is C11H20N2O2. The van der Waals surface area contributed by atoms with E-state index < -0.39 is 0 Å². The number of nitrogens with one attached hydrogen (secondary N) is 1. The Balaban J connectivity index is 2.15. The number of fused-ring (bicyclic) bond motifs is 1. The Hall–Kier alpha value is -0.770. The first-order chi connectivity index (χ1) is 7.15. The van der Waals surface area contributed by atoms with E-state index in [1.54, 1.807) is 0 Å². The van der Waals surface area contributed by atoms with Crippen LogP contribution in [-0.2, 0) is 4.74 Å². The van der Waals surface area contributed by atoms with Gasteiger partial charge in [-0.1, -0.05) is 13.8 Å². The van der Waals surface area contributed by atoms with Crippen LogP contribution in [-0.4, -0.2) is 43.3 Å². The Kier molecular flexibility index (Phi) is 2.87. The first-order valence-corrected chi connectivity index (χ1v) is 5.73. The fourth-order valence-corrected chi connectivity index (χ4v) is 3.04.